The standard InChI is InChI=1S/C19H23Si.3ClH.Ti/c1-13-7-6-10-19(15(13)3)20-12-18-14(2)11-16-8-4-5-9-17(16)18;;;;/h6-7,10-11H,4-5,8-9,12H2,1-3H3;3*1H;/q-1;;;;+4/p-3. The van der Waals surface area contributed by atoms with Crippen LogP contribution in [0.15, 0.2) is 24.3 Å². The number of rotatable bonds is 3. The number of hydrogen-bond donors (Lipinski definition) is 0. The summed E-state index contributed by atoms with van der Waals surface area (Å²) in [5.41, 5.74) is 9.47. The zero-order chi connectivity index (χ0) is 14.1. The quantitative estimate of drug-likeness (QED) is 0.335. The second-order valence-electron chi connectivity index (χ2n) is 6.12. The molecule has 0 aliphatic heterocycles. The minimum Gasteiger partial charge on any atom is -1.00 e. The van der Waals surface area contributed by atoms with E-state index < -0.39 is 0 Å². The van der Waals surface area contributed by atoms with Crippen LogP contribution in [0.25, 0.3) is 0 Å². The van der Waals surface area contributed by atoms with E-state index in [-0.39, 0.29) is 58.9 Å². The number of hydrogen-bond acceptors (Lipinski definition) is 0. The van der Waals surface area contributed by atoms with E-state index in [1.54, 1.807) is 21.9 Å². The maximum Gasteiger partial charge on any atom is 4.00 e. The van der Waals surface area contributed by atoms with Gasteiger partial charge in [-0.2, -0.15) is 22.3 Å². The number of benzene rings is 1. The molecule has 0 spiro atoms. The fraction of sp³-hybridized carbons (Fsp3) is 0.421. The first-order valence-corrected chi connectivity index (χ1v) is 8.94. The van der Waals surface area contributed by atoms with Crippen LogP contribution in [0.3, 0.4) is 0 Å². The summed E-state index contributed by atoms with van der Waals surface area (Å²) >= 11 is 0. The van der Waals surface area contributed by atoms with Crippen molar-refractivity contribution in [2.24, 2.45) is 0 Å². The van der Waals surface area contributed by atoms with Crippen molar-refractivity contribution in [3.63, 3.8) is 0 Å². The summed E-state index contributed by atoms with van der Waals surface area (Å²) in [6.07, 6.45) is 5.39. The minimum absolute atomic E-state index is 0. The van der Waals surface area contributed by atoms with Gasteiger partial charge < -0.3 is 37.2 Å². The average molecular weight is 434 g/mol. The Hall–Kier alpha value is 0.371. The molecule has 0 saturated carbocycles. The van der Waals surface area contributed by atoms with Crippen molar-refractivity contribution in [3.8, 4) is 0 Å². The molecule has 0 aromatic heterocycles. The Balaban J connectivity index is 0. The number of fused-ring (bicyclic) bond motifs is 1. The molecule has 0 atom stereocenters. The van der Waals surface area contributed by atoms with Gasteiger partial charge >= 0.3 is 21.7 Å². The maximum absolute atomic E-state index is 2.46. The number of aryl methyl sites for hydroxylation is 3. The Bertz CT molecular complexity index is 638. The fourth-order valence-electron chi connectivity index (χ4n) is 3.39. The average Bonchev–Trinajstić information content (AvgIpc) is 2.76. The molecule has 2 aromatic rings. The Morgan fingerprint density at radius 1 is 1.00 bits per heavy atom. The third-order valence-electron chi connectivity index (χ3n) is 4.80. The van der Waals surface area contributed by atoms with Crippen molar-refractivity contribution in [1.82, 2.24) is 0 Å². The van der Waals surface area contributed by atoms with Crippen molar-refractivity contribution < 1.29 is 58.9 Å². The van der Waals surface area contributed by atoms with Crippen LogP contribution < -0.4 is 42.4 Å². The summed E-state index contributed by atoms with van der Waals surface area (Å²) in [7, 11) is 0.912. The van der Waals surface area contributed by atoms with Gasteiger partial charge in [0.05, 0.1) is 9.52 Å². The Morgan fingerprint density at radius 2 is 1.67 bits per heavy atom. The monoisotopic (exact) mass is 432 g/mol. The van der Waals surface area contributed by atoms with Crippen molar-refractivity contribution in [3.05, 3.63) is 57.6 Å². The minimum atomic E-state index is 0. The first kappa shape index (κ1) is 26.6. The van der Waals surface area contributed by atoms with Crippen LogP contribution in [0.4, 0.5) is 0 Å². The van der Waals surface area contributed by atoms with Gasteiger partial charge in [-0.25, -0.2) is 6.07 Å². The van der Waals surface area contributed by atoms with Crippen LogP contribution in [0.1, 0.15) is 46.2 Å². The molecule has 0 unspecified atom stereocenters. The second-order valence-corrected chi connectivity index (χ2v) is 7.36. The summed E-state index contributed by atoms with van der Waals surface area (Å²) in [5.74, 6) is 0. The van der Waals surface area contributed by atoms with Crippen LogP contribution in [0, 0.1) is 20.8 Å². The van der Waals surface area contributed by atoms with Crippen molar-refractivity contribution in [2.75, 3.05) is 0 Å². The van der Waals surface area contributed by atoms with E-state index >= 15 is 0 Å². The van der Waals surface area contributed by atoms with Gasteiger partial charge in [0.2, 0.25) is 0 Å². The van der Waals surface area contributed by atoms with Crippen LogP contribution in [-0.4, -0.2) is 9.52 Å². The van der Waals surface area contributed by atoms with Crippen molar-refractivity contribution >= 4 is 14.7 Å². The van der Waals surface area contributed by atoms with Gasteiger partial charge in [0.15, 0.2) is 0 Å². The van der Waals surface area contributed by atoms with Crippen LogP contribution in [0.5, 0.6) is 0 Å². The summed E-state index contributed by atoms with van der Waals surface area (Å²) < 4.78 is 0. The third kappa shape index (κ3) is 5.69. The molecule has 24 heavy (non-hydrogen) atoms. The SMILES string of the molecule is Cc1cccc([Si]C[c-]2c(C)cc3c2CCCC3)c1C.[Cl-].[Cl-].[Cl-].[Ti+4]. The van der Waals surface area contributed by atoms with Crippen LogP contribution in [0.2, 0.25) is 0 Å². The van der Waals surface area contributed by atoms with E-state index in [4.69, 9.17) is 0 Å². The summed E-state index contributed by atoms with van der Waals surface area (Å²) in [4.78, 5) is 0. The third-order valence-corrected chi connectivity index (χ3v) is 6.25. The molecular weight excluding hydrogens is 411 g/mol. The Morgan fingerprint density at radius 3 is 2.38 bits per heavy atom. The zero-order valence-corrected chi connectivity index (χ0v) is 19.3. The molecule has 5 heteroatoms. The molecule has 2 aromatic carbocycles. The van der Waals surface area contributed by atoms with Crippen molar-refractivity contribution in [1.29, 1.82) is 0 Å². The van der Waals surface area contributed by atoms with Gasteiger partial charge in [0, 0.05) is 0 Å². The molecule has 0 heterocycles. The van der Waals surface area contributed by atoms with E-state index in [0.29, 0.717) is 0 Å². The molecule has 0 bridgehead atoms. The van der Waals surface area contributed by atoms with Crippen LogP contribution >= 0.6 is 0 Å². The molecular formula is C19H23Cl3SiTi. The molecule has 1 aliphatic carbocycles. The number of halogens is 3. The molecule has 128 valence electrons. The zero-order valence-electron chi connectivity index (χ0n) is 14.5. The molecule has 0 N–H and O–H groups in total. The topological polar surface area (TPSA) is 0 Å². The first-order chi connectivity index (χ1) is 9.66. The predicted molar refractivity (Wildman–Crippen MR) is 88.4 cm³/mol. The molecule has 0 saturated heterocycles. The molecule has 0 amide bonds. The molecule has 0 fully saturated rings. The summed E-state index contributed by atoms with van der Waals surface area (Å²) in [6, 6.07) is 10.4. The van der Waals surface area contributed by atoms with E-state index in [0.717, 1.165) is 9.52 Å². The molecule has 3 rings (SSSR count). The first-order valence-electron chi connectivity index (χ1n) is 7.74. The summed E-state index contributed by atoms with van der Waals surface area (Å²) in [5, 5.41) is 1.55. The Labute approximate surface area is 182 Å². The molecule has 2 radical (unpaired) electrons. The maximum atomic E-state index is 2.46. The largest absolute Gasteiger partial charge is 4.00 e. The van der Waals surface area contributed by atoms with E-state index in [1.165, 1.54) is 48.4 Å². The molecule has 1 aliphatic rings. The Kier molecular flexibility index (Phi) is 13.2. The van der Waals surface area contributed by atoms with E-state index in [9.17, 15) is 0 Å². The van der Waals surface area contributed by atoms with E-state index in [2.05, 4.69) is 45.0 Å². The van der Waals surface area contributed by atoms with Crippen LogP contribution in [-0.2, 0) is 40.6 Å². The van der Waals surface area contributed by atoms with Gasteiger partial charge in [-0.05, 0) is 25.0 Å². The van der Waals surface area contributed by atoms with E-state index in [1.807, 2.05) is 0 Å². The normalized spacial score (nSPS) is 12.0. The fourth-order valence-corrected chi connectivity index (χ4v) is 4.93. The summed E-state index contributed by atoms with van der Waals surface area (Å²) in [6.45, 7) is 6.80. The van der Waals surface area contributed by atoms with Gasteiger partial charge in [-0.3, -0.25) is 0 Å². The van der Waals surface area contributed by atoms with Crippen molar-refractivity contribution in [2.45, 2.75) is 52.5 Å². The van der Waals surface area contributed by atoms with Gasteiger partial charge in [0.25, 0.3) is 0 Å². The smallest absolute Gasteiger partial charge is 1.00 e. The predicted octanol–water partition coefficient (Wildman–Crippen LogP) is -5.25. The van der Waals surface area contributed by atoms with Gasteiger partial charge in [-0.1, -0.05) is 62.0 Å². The van der Waals surface area contributed by atoms with Gasteiger partial charge in [0.1, 0.15) is 0 Å². The second kappa shape index (κ2) is 11.9. The molecule has 0 nitrogen and oxygen atoms in total. The van der Waals surface area contributed by atoms with Gasteiger partial charge in [-0.15, -0.1) is 0 Å².